The molecule has 0 fully saturated rings. The van der Waals surface area contributed by atoms with Crippen LogP contribution in [-0.4, -0.2) is 46.5 Å². The molecule has 9 nitrogen and oxygen atoms in total. The Morgan fingerprint density at radius 2 is 1.43 bits per heavy atom. The van der Waals surface area contributed by atoms with E-state index in [0.29, 0.717) is 10.6 Å². The van der Waals surface area contributed by atoms with E-state index >= 15 is 0 Å². The van der Waals surface area contributed by atoms with Crippen molar-refractivity contribution >= 4 is 58.5 Å². The average molecular weight is 565 g/mol. The second-order valence-electron chi connectivity index (χ2n) is 7.75. The van der Waals surface area contributed by atoms with Gasteiger partial charge >= 0.3 is 5.97 Å². The lowest BCUT2D eigenvalue weighted by Gasteiger charge is -2.17. The summed E-state index contributed by atoms with van der Waals surface area (Å²) in [5, 5.41) is 26.3. The van der Waals surface area contributed by atoms with E-state index in [0.717, 1.165) is 0 Å². The summed E-state index contributed by atoms with van der Waals surface area (Å²) < 4.78 is 0. The smallest absolute Gasteiger partial charge is 0.328 e. The molecule has 0 aliphatic carbocycles. The van der Waals surface area contributed by atoms with Crippen LogP contribution in [0.3, 0.4) is 0 Å². The summed E-state index contributed by atoms with van der Waals surface area (Å²) in [6.07, 6.45) is 0. The monoisotopic (exact) mass is 563 g/mol. The number of rotatable bonds is 9. The summed E-state index contributed by atoms with van der Waals surface area (Å²) in [6.45, 7) is -0.316. The fourth-order valence-electron chi connectivity index (χ4n) is 3.23. The fraction of sp³-hybridized carbons (Fsp3) is 0.120. The molecule has 3 aromatic rings. The van der Waals surface area contributed by atoms with E-state index < -0.39 is 36.3 Å². The lowest BCUT2D eigenvalue weighted by atomic mass is 10.1. The fourth-order valence-corrected chi connectivity index (χ4v) is 4.08. The Bertz CT molecular complexity index is 1340. The molecule has 0 unspecified atom stereocenters. The maximum absolute atomic E-state index is 12.8. The molecule has 0 saturated heterocycles. The van der Waals surface area contributed by atoms with Crippen LogP contribution in [0.25, 0.3) is 0 Å². The van der Waals surface area contributed by atoms with Crippen LogP contribution < -0.4 is 16.0 Å². The number of benzene rings is 3. The number of carbonyl (C=O) groups is 4. The van der Waals surface area contributed by atoms with Crippen molar-refractivity contribution < 1.29 is 29.4 Å². The second kappa shape index (κ2) is 12.4. The molecule has 0 spiro atoms. The molecule has 0 radical (unpaired) electrons. The Hall–Kier alpha value is -3.79. The zero-order chi connectivity index (χ0) is 27.1. The highest BCUT2D eigenvalue weighted by Crippen LogP contribution is 2.27. The van der Waals surface area contributed by atoms with Crippen LogP contribution >= 0.6 is 34.8 Å². The molecule has 3 aromatic carbocycles. The van der Waals surface area contributed by atoms with Crippen LogP contribution in [0, 0.1) is 0 Å². The summed E-state index contributed by atoms with van der Waals surface area (Å²) in [5.41, 5.74) is 0.700. The van der Waals surface area contributed by atoms with E-state index in [1.165, 1.54) is 36.4 Å². The van der Waals surface area contributed by atoms with Crippen LogP contribution in [0.4, 0.5) is 0 Å². The molecule has 0 heterocycles. The first kappa shape index (κ1) is 27.8. The third kappa shape index (κ3) is 7.60. The van der Waals surface area contributed by atoms with Gasteiger partial charge in [0.25, 0.3) is 17.7 Å². The molecular weight excluding hydrogens is 545 g/mol. The zero-order valence-electron chi connectivity index (χ0n) is 18.9. The van der Waals surface area contributed by atoms with E-state index in [2.05, 4.69) is 16.0 Å². The first-order valence-corrected chi connectivity index (χ1v) is 11.8. The predicted octanol–water partition coefficient (Wildman–Crippen LogP) is 3.90. The van der Waals surface area contributed by atoms with Crippen molar-refractivity contribution in [1.82, 2.24) is 16.0 Å². The number of aromatic hydroxyl groups is 1. The minimum Gasteiger partial charge on any atom is -0.508 e. The van der Waals surface area contributed by atoms with Gasteiger partial charge in [-0.25, -0.2) is 4.79 Å². The number of aliphatic carboxylic acids is 1. The van der Waals surface area contributed by atoms with Crippen molar-refractivity contribution in [2.24, 2.45) is 0 Å². The van der Waals surface area contributed by atoms with Crippen molar-refractivity contribution in [3.8, 4) is 5.75 Å². The molecule has 0 aliphatic rings. The van der Waals surface area contributed by atoms with E-state index in [9.17, 15) is 29.4 Å². The number of carbonyl (C=O) groups excluding carboxylic acids is 3. The number of hydrogen-bond acceptors (Lipinski definition) is 5. The molecule has 37 heavy (non-hydrogen) atoms. The molecule has 12 heteroatoms. The lowest BCUT2D eigenvalue weighted by Crippen LogP contribution is -2.48. The first-order valence-electron chi connectivity index (χ1n) is 10.7. The third-order valence-corrected chi connectivity index (χ3v) is 5.88. The number of amides is 3. The highest BCUT2D eigenvalue weighted by molar-refractivity contribution is 6.40. The van der Waals surface area contributed by atoms with Crippen LogP contribution in [-0.2, 0) is 11.3 Å². The molecule has 1 atom stereocenters. The van der Waals surface area contributed by atoms with Crippen LogP contribution in [0.5, 0.6) is 5.75 Å². The molecule has 3 rings (SSSR count). The molecule has 5 N–H and O–H groups in total. The van der Waals surface area contributed by atoms with Crippen molar-refractivity contribution in [1.29, 1.82) is 0 Å². The van der Waals surface area contributed by atoms with Crippen molar-refractivity contribution in [2.45, 2.75) is 12.6 Å². The number of carboxylic acid groups (broad SMARTS) is 1. The molecule has 0 aromatic heterocycles. The Morgan fingerprint density at radius 3 is 2.05 bits per heavy atom. The minimum absolute atomic E-state index is 0.0527. The van der Waals surface area contributed by atoms with Gasteiger partial charge in [-0.15, -0.1) is 0 Å². The number of halogens is 3. The summed E-state index contributed by atoms with van der Waals surface area (Å²) >= 11 is 18.3. The van der Waals surface area contributed by atoms with Gasteiger partial charge in [-0.3, -0.25) is 14.4 Å². The van der Waals surface area contributed by atoms with Crippen LogP contribution in [0.15, 0.2) is 60.7 Å². The lowest BCUT2D eigenvalue weighted by molar-refractivity contribution is -0.139. The summed E-state index contributed by atoms with van der Waals surface area (Å²) in [5.74, 6) is -3.38. The summed E-state index contributed by atoms with van der Waals surface area (Å²) in [7, 11) is 0. The van der Waals surface area contributed by atoms with Crippen molar-refractivity contribution in [3.05, 3.63) is 98.0 Å². The average Bonchev–Trinajstić information content (AvgIpc) is 2.84. The number of nitrogens with one attached hydrogen (secondary N) is 3. The molecule has 0 aliphatic heterocycles. The van der Waals surface area contributed by atoms with Crippen molar-refractivity contribution in [2.75, 3.05) is 6.54 Å². The highest BCUT2D eigenvalue weighted by Gasteiger charge is 2.25. The third-order valence-electron chi connectivity index (χ3n) is 5.05. The SMILES string of the molecule is O=C(NCc1cccc(O)c1)c1cc(Cl)c(C(=O)N[C@@H](CNC(=O)c2cccc(Cl)c2)C(=O)O)c(Cl)c1. The normalized spacial score (nSPS) is 11.3. The molecule has 0 saturated carbocycles. The Morgan fingerprint density at radius 1 is 0.784 bits per heavy atom. The van der Waals surface area contributed by atoms with Gasteiger partial charge in [0.1, 0.15) is 11.8 Å². The molecular formula is C25H20Cl3N3O6. The van der Waals surface area contributed by atoms with Crippen LogP contribution in [0.2, 0.25) is 15.1 Å². The number of carboxylic acids is 1. The number of phenols is 1. The number of hydrogen-bond donors (Lipinski definition) is 5. The van der Waals surface area contributed by atoms with E-state index in [4.69, 9.17) is 34.8 Å². The second-order valence-corrected chi connectivity index (χ2v) is 9.00. The van der Waals surface area contributed by atoms with Gasteiger partial charge in [0.05, 0.1) is 15.6 Å². The maximum atomic E-state index is 12.8. The van der Waals surface area contributed by atoms with Crippen LogP contribution in [0.1, 0.15) is 36.6 Å². The zero-order valence-corrected chi connectivity index (χ0v) is 21.2. The topological polar surface area (TPSA) is 145 Å². The van der Waals surface area contributed by atoms with Gasteiger partial charge in [-0.2, -0.15) is 0 Å². The summed E-state index contributed by atoms with van der Waals surface area (Å²) in [4.78, 5) is 49.3. The molecule has 0 bridgehead atoms. The van der Waals surface area contributed by atoms with Gasteiger partial charge < -0.3 is 26.2 Å². The van der Waals surface area contributed by atoms with E-state index in [1.54, 1.807) is 24.3 Å². The van der Waals surface area contributed by atoms with Gasteiger partial charge in [0.2, 0.25) is 0 Å². The predicted molar refractivity (Wildman–Crippen MR) is 138 cm³/mol. The van der Waals surface area contributed by atoms with E-state index in [1.807, 2.05) is 0 Å². The van der Waals surface area contributed by atoms with Gasteiger partial charge in [0.15, 0.2) is 0 Å². The van der Waals surface area contributed by atoms with Gasteiger partial charge in [-0.1, -0.05) is 53.0 Å². The number of phenolic OH excluding ortho intramolecular Hbond substituents is 1. The molecule has 3 amide bonds. The largest absolute Gasteiger partial charge is 0.508 e. The first-order chi connectivity index (χ1) is 17.5. The molecule has 192 valence electrons. The standard InChI is InChI=1S/C25H20Cl3N3O6/c26-16-5-2-4-14(8-16)22(33)30-12-20(25(36)37)31-24(35)21-18(27)9-15(10-19(21)28)23(34)29-11-13-3-1-6-17(32)7-13/h1-10,20,32H,11-12H2,(H,29,34)(H,30,33)(H,31,35)(H,36,37)/t20-/m0/s1. The Balaban J connectivity index is 1.66. The van der Waals surface area contributed by atoms with Gasteiger partial charge in [0, 0.05) is 29.2 Å². The van der Waals surface area contributed by atoms with E-state index in [-0.39, 0.29) is 39.0 Å². The summed E-state index contributed by atoms with van der Waals surface area (Å²) in [6, 6.07) is 13.3. The minimum atomic E-state index is -1.51. The maximum Gasteiger partial charge on any atom is 0.328 e. The van der Waals surface area contributed by atoms with Gasteiger partial charge in [-0.05, 0) is 48.0 Å². The Kier molecular flexibility index (Phi) is 9.35. The van der Waals surface area contributed by atoms with Crippen molar-refractivity contribution in [3.63, 3.8) is 0 Å². The highest BCUT2D eigenvalue weighted by atomic mass is 35.5. The quantitative estimate of drug-likeness (QED) is 0.267. The Labute approximate surface area is 226 Å².